The number of aliphatic imine (C=N–C) groups is 1. The second kappa shape index (κ2) is 25.5. The lowest BCUT2D eigenvalue weighted by Gasteiger charge is -2.14. The van der Waals surface area contributed by atoms with Crippen molar-refractivity contribution < 1.29 is 48.8 Å². The van der Waals surface area contributed by atoms with Gasteiger partial charge in [-0.25, -0.2) is 9.59 Å². The fourth-order valence-electron chi connectivity index (χ4n) is 4.44. The van der Waals surface area contributed by atoms with Gasteiger partial charge in [-0.2, -0.15) is 0 Å². The van der Waals surface area contributed by atoms with Crippen LogP contribution < -0.4 is 27.8 Å². The summed E-state index contributed by atoms with van der Waals surface area (Å²) < 4.78 is 9.28. The van der Waals surface area contributed by atoms with E-state index in [9.17, 15) is 24.0 Å². The summed E-state index contributed by atoms with van der Waals surface area (Å²) in [5.41, 5.74) is 18.9. The van der Waals surface area contributed by atoms with Crippen molar-refractivity contribution in [1.29, 1.82) is 0 Å². The number of hydrogen-bond donors (Lipinski definition) is 8. The molecule has 4 aromatic carbocycles. The zero-order chi connectivity index (χ0) is 43.2. The largest absolute Gasteiger partial charge is 0.480 e. The molecular weight excluding hydrogens is 842 g/mol. The van der Waals surface area contributed by atoms with Gasteiger partial charge in [0.2, 0.25) is 0 Å². The molecule has 0 aliphatic carbocycles. The number of hydrogen-bond acceptors (Lipinski definition) is 11. The number of esters is 2. The molecule has 0 amide bonds. The van der Waals surface area contributed by atoms with Crippen LogP contribution >= 0.6 is 46.4 Å². The Kier molecular flexibility index (Phi) is 21.2. The zero-order valence-electron chi connectivity index (χ0n) is 30.5. The average Bonchev–Trinajstić information content (AvgIpc) is 3.16. The van der Waals surface area contributed by atoms with Gasteiger partial charge in [-0.15, -0.1) is 0 Å². The molecule has 4 aromatic rings. The van der Waals surface area contributed by atoms with Gasteiger partial charge >= 0.3 is 29.8 Å². The highest BCUT2D eigenvalue weighted by molar-refractivity contribution is 6.40. The Morgan fingerprint density at radius 1 is 0.621 bits per heavy atom. The standard InChI is InChI=1S/2C16H13Cl2NO4.C6H14N4O2/c2*17-11-5-3-6-12(18)16(11)19-13-7-2-1-4-10(13)8-15(22)23-9-14(20)21;7-4(5(11)12)2-1-3-10-6(8)9/h2*1-7,19H,8-9H2,(H,20,21);4H,1-3,7H2,(H,11,12)(H4,8,9,10). The van der Waals surface area contributed by atoms with Crippen LogP contribution in [0.4, 0.5) is 22.7 Å². The van der Waals surface area contributed by atoms with Gasteiger partial charge in [0.1, 0.15) is 6.04 Å². The molecule has 20 heteroatoms. The lowest BCUT2D eigenvalue weighted by Crippen LogP contribution is -2.30. The number of halogens is 4. The van der Waals surface area contributed by atoms with Crippen LogP contribution in [0.25, 0.3) is 0 Å². The Labute approximate surface area is 352 Å². The van der Waals surface area contributed by atoms with Gasteiger partial charge in [0.25, 0.3) is 0 Å². The smallest absolute Gasteiger partial charge is 0.341 e. The number of nitrogens with one attached hydrogen (secondary N) is 2. The average molecular weight is 883 g/mol. The van der Waals surface area contributed by atoms with Gasteiger partial charge in [-0.1, -0.05) is 94.9 Å². The van der Waals surface area contributed by atoms with Gasteiger partial charge in [-0.05, 0) is 60.4 Å². The molecule has 0 fully saturated rings. The summed E-state index contributed by atoms with van der Waals surface area (Å²) in [6, 6.07) is 23.5. The molecule has 0 radical (unpaired) electrons. The maximum absolute atomic E-state index is 11.7. The number of guanidine groups is 1. The van der Waals surface area contributed by atoms with E-state index in [1.807, 2.05) is 0 Å². The van der Waals surface area contributed by atoms with E-state index < -0.39 is 49.1 Å². The first-order chi connectivity index (χ1) is 27.5. The summed E-state index contributed by atoms with van der Waals surface area (Å²) >= 11 is 24.5. The molecule has 1 atom stereocenters. The quantitative estimate of drug-likeness (QED) is 0.0251. The lowest BCUT2D eigenvalue weighted by atomic mass is 10.1. The first kappa shape index (κ1) is 48.4. The third kappa shape index (κ3) is 18.4. The molecule has 0 saturated heterocycles. The number of carbonyl (C=O) groups is 5. The number of nitrogens with two attached hydrogens (primary N) is 3. The van der Waals surface area contributed by atoms with Crippen molar-refractivity contribution >= 4 is 105 Å². The first-order valence-corrected chi connectivity index (χ1v) is 18.4. The second-order valence-electron chi connectivity index (χ2n) is 11.6. The molecule has 1 unspecified atom stereocenters. The van der Waals surface area contributed by atoms with Crippen LogP contribution in [0.15, 0.2) is 89.9 Å². The number of anilines is 4. The number of ether oxygens (including phenoxy) is 2. The minimum atomic E-state index is -1.20. The van der Waals surface area contributed by atoms with Gasteiger partial charge < -0.3 is 52.6 Å². The zero-order valence-corrected chi connectivity index (χ0v) is 33.5. The SMILES string of the molecule is NC(N)=NCCCC(N)C(=O)O.O=C(O)COC(=O)Cc1ccccc1Nc1c(Cl)cccc1Cl.O=C(O)COC(=O)Cc1ccccc1Nc1c(Cl)cccc1Cl. The number of carboxylic acids is 3. The van der Waals surface area contributed by atoms with Crippen molar-refractivity contribution in [3.63, 3.8) is 0 Å². The molecule has 4 rings (SSSR count). The Bertz CT molecular complexity index is 1900. The lowest BCUT2D eigenvalue weighted by molar-refractivity contribution is -0.154. The number of para-hydroxylation sites is 4. The van der Waals surface area contributed by atoms with E-state index in [2.05, 4.69) is 25.1 Å². The summed E-state index contributed by atoms with van der Waals surface area (Å²) in [5, 5.41) is 33.4. The Morgan fingerprint density at radius 2 is 1.00 bits per heavy atom. The number of nitrogens with zero attached hydrogens (tertiary/aromatic N) is 1. The van der Waals surface area contributed by atoms with Crippen molar-refractivity contribution in [2.45, 2.75) is 31.7 Å². The number of carbonyl (C=O) groups excluding carboxylic acids is 2. The Morgan fingerprint density at radius 3 is 1.34 bits per heavy atom. The van der Waals surface area contributed by atoms with Crippen LogP contribution in [0, 0.1) is 0 Å². The maximum Gasteiger partial charge on any atom is 0.341 e. The molecule has 0 aliphatic heterocycles. The fourth-order valence-corrected chi connectivity index (χ4v) is 5.42. The number of benzene rings is 4. The molecule has 0 bridgehead atoms. The van der Waals surface area contributed by atoms with Gasteiger partial charge in [0.15, 0.2) is 19.2 Å². The minimum absolute atomic E-state index is 0.0129. The number of aliphatic carboxylic acids is 3. The topological polar surface area (TPSA) is 279 Å². The molecule has 0 spiro atoms. The molecule has 58 heavy (non-hydrogen) atoms. The first-order valence-electron chi connectivity index (χ1n) is 16.8. The van der Waals surface area contributed by atoms with E-state index in [0.717, 1.165) is 0 Å². The van der Waals surface area contributed by atoms with Crippen molar-refractivity contribution in [2.24, 2.45) is 22.2 Å². The van der Waals surface area contributed by atoms with Crippen molar-refractivity contribution in [1.82, 2.24) is 0 Å². The van der Waals surface area contributed by atoms with Gasteiger partial charge in [0.05, 0.1) is 44.3 Å². The summed E-state index contributed by atoms with van der Waals surface area (Å²) in [7, 11) is 0. The van der Waals surface area contributed by atoms with Crippen molar-refractivity contribution in [2.75, 3.05) is 30.4 Å². The highest BCUT2D eigenvalue weighted by Crippen LogP contribution is 2.35. The van der Waals surface area contributed by atoms with Crippen LogP contribution in [-0.4, -0.2) is 76.9 Å². The number of carboxylic acid groups (broad SMARTS) is 3. The maximum atomic E-state index is 11.7. The van der Waals surface area contributed by atoms with Crippen LogP contribution in [0.3, 0.4) is 0 Å². The Hall–Kier alpha value is -5.78. The van der Waals surface area contributed by atoms with E-state index in [-0.39, 0.29) is 18.8 Å². The highest BCUT2D eigenvalue weighted by atomic mass is 35.5. The molecule has 310 valence electrons. The summed E-state index contributed by atoms with van der Waals surface area (Å²) in [6.07, 6.45) is 0.814. The molecule has 11 N–H and O–H groups in total. The third-order valence-corrected chi connectivity index (χ3v) is 8.41. The summed E-state index contributed by atoms with van der Waals surface area (Å²) in [6.45, 7) is -0.904. The van der Waals surface area contributed by atoms with Gasteiger partial charge in [-0.3, -0.25) is 19.4 Å². The summed E-state index contributed by atoms with van der Waals surface area (Å²) in [5.74, 6) is -4.65. The van der Waals surface area contributed by atoms with Crippen LogP contribution in [0.1, 0.15) is 24.0 Å². The van der Waals surface area contributed by atoms with E-state index in [4.69, 9.17) is 78.9 Å². The van der Waals surface area contributed by atoms with Crippen molar-refractivity contribution in [3.05, 3.63) is 116 Å². The van der Waals surface area contributed by atoms with E-state index >= 15 is 0 Å². The van der Waals surface area contributed by atoms with Crippen LogP contribution in [-0.2, 0) is 46.3 Å². The number of rotatable bonds is 17. The van der Waals surface area contributed by atoms with E-state index in [1.165, 1.54) is 0 Å². The van der Waals surface area contributed by atoms with Crippen LogP contribution in [0.5, 0.6) is 0 Å². The molecule has 0 saturated carbocycles. The van der Waals surface area contributed by atoms with Gasteiger partial charge in [0, 0.05) is 17.9 Å². The third-order valence-electron chi connectivity index (χ3n) is 7.15. The van der Waals surface area contributed by atoms with Crippen LogP contribution in [0.2, 0.25) is 20.1 Å². The monoisotopic (exact) mass is 880 g/mol. The Balaban J connectivity index is 0.000000317. The van der Waals surface area contributed by atoms with E-state index in [0.29, 0.717) is 73.4 Å². The molecular formula is C38H40Cl4N6O10. The predicted molar refractivity (Wildman–Crippen MR) is 222 cm³/mol. The molecule has 0 heterocycles. The van der Waals surface area contributed by atoms with Crippen molar-refractivity contribution in [3.8, 4) is 0 Å². The fraction of sp³-hybridized carbons (Fsp3) is 0.211. The molecule has 0 aliphatic rings. The summed E-state index contributed by atoms with van der Waals surface area (Å²) in [4.78, 5) is 58.1. The predicted octanol–water partition coefficient (Wildman–Crippen LogP) is 6.27. The molecule has 0 aromatic heterocycles. The van der Waals surface area contributed by atoms with E-state index in [1.54, 1.807) is 84.9 Å². The second-order valence-corrected chi connectivity index (χ2v) is 13.2. The normalized spacial score (nSPS) is 10.6. The minimum Gasteiger partial charge on any atom is -0.480 e. The molecule has 16 nitrogen and oxygen atoms in total. The highest BCUT2D eigenvalue weighted by Gasteiger charge is 2.15.